The van der Waals surface area contributed by atoms with Gasteiger partial charge in [0.1, 0.15) is 22.4 Å². The maximum absolute atomic E-state index is 12.6. The molecule has 1 aliphatic heterocycles. The van der Waals surface area contributed by atoms with Crippen LogP contribution >= 0.6 is 11.3 Å². The second-order valence-corrected chi connectivity index (χ2v) is 6.57. The number of ether oxygens (including phenoxy) is 2. The average Bonchev–Trinajstić information content (AvgIpc) is 3.29. The van der Waals surface area contributed by atoms with Crippen LogP contribution in [0.25, 0.3) is 0 Å². The summed E-state index contributed by atoms with van der Waals surface area (Å²) in [5.41, 5.74) is 1.56. The van der Waals surface area contributed by atoms with Crippen molar-refractivity contribution in [1.82, 2.24) is 4.90 Å². The van der Waals surface area contributed by atoms with Crippen LogP contribution in [0.15, 0.2) is 29.6 Å². The fraction of sp³-hybridized carbons (Fsp3) is 0.333. The Labute approximate surface area is 145 Å². The molecule has 124 valence electrons. The van der Waals surface area contributed by atoms with E-state index in [1.54, 1.807) is 25.7 Å². The molecule has 0 N–H and O–H groups in total. The maximum atomic E-state index is 12.6. The normalized spacial score (nSPS) is 16.7. The molecule has 24 heavy (non-hydrogen) atoms. The number of amides is 1. The van der Waals surface area contributed by atoms with Gasteiger partial charge in [0, 0.05) is 25.1 Å². The highest BCUT2D eigenvalue weighted by Gasteiger charge is 2.30. The van der Waals surface area contributed by atoms with Gasteiger partial charge in [0.25, 0.3) is 5.91 Å². The Hall–Kier alpha value is -2.52. The van der Waals surface area contributed by atoms with Gasteiger partial charge in [0.15, 0.2) is 0 Å². The van der Waals surface area contributed by atoms with Crippen molar-refractivity contribution >= 4 is 17.2 Å². The summed E-state index contributed by atoms with van der Waals surface area (Å²) in [6.45, 7) is 1.32. The first-order chi connectivity index (χ1) is 11.7. The van der Waals surface area contributed by atoms with Gasteiger partial charge in [-0.15, -0.1) is 11.3 Å². The Kier molecular flexibility index (Phi) is 4.72. The highest BCUT2D eigenvalue weighted by molar-refractivity contribution is 7.12. The molecule has 0 radical (unpaired) electrons. The van der Waals surface area contributed by atoms with E-state index in [1.807, 2.05) is 23.1 Å². The zero-order chi connectivity index (χ0) is 17.1. The number of rotatable bonds is 4. The lowest BCUT2D eigenvalue weighted by molar-refractivity contribution is 0.0795. The molecule has 1 atom stereocenters. The van der Waals surface area contributed by atoms with Crippen LogP contribution in [0.4, 0.5) is 0 Å². The molecule has 0 spiro atoms. The van der Waals surface area contributed by atoms with Crippen molar-refractivity contribution in [2.75, 3.05) is 27.3 Å². The van der Waals surface area contributed by atoms with Crippen molar-refractivity contribution in [3.8, 4) is 17.6 Å². The minimum atomic E-state index is -0.0566. The SMILES string of the molecule is COc1cc(OC)cc([C@@H]2CCN(C(=O)c3sccc3C#N)C2)c1. The van der Waals surface area contributed by atoms with E-state index in [4.69, 9.17) is 14.7 Å². The predicted molar refractivity (Wildman–Crippen MR) is 91.8 cm³/mol. The Morgan fingerprint density at radius 2 is 2.00 bits per heavy atom. The number of hydrogen-bond donors (Lipinski definition) is 0. The number of carbonyl (C=O) groups excluding carboxylic acids is 1. The van der Waals surface area contributed by atoms with E-state index in [2.05, 4.69) is 6.07 Å². The van der Waals surface area contributed by atoms with Crippen LogP contribution in [-0.4, -0.2) is 38.1 Å². The van der Waals surface area contributed by atoms with Gasteiger partial charge in [-0.2, -0.15) is 5.26 Å². The van der Waals surface area contributed by atoms with Crippen LogP contribution in [0.3, 0.4) is 0 Å². The van der Waals surface area contributed by atoms with Crippen molar-refractivity contribution in [3.05, 3.63) is 45.6 Å². The second-order valence-electron chi connectivity index (χ2n) is 5.66. The highest BCUT2D eigenvalue weighted by atomic mass is 32.1. The number of nitriles is 1. The number of likely N-dealkylation sites (tertiary alicyclic amines) is 1. The molecule has 3 rings (SSSR count). The van der Waals surface area contributed by atoms with E-state index in [9.17, 15) is 4.79 Å². The number of benzene rings is 1. The van der Waals surface area contributed by atoms with Crippen molar-refractivity contribution < 1.29 is 14.3 Å². The van der Waals surface area contributed by atoms with Gasteiger partial charge in [-0.05, 0) is 35.6 Å². The molecule has 1 aliphatic rings. The van der Waals surface area contributed by atoms with E-state index in [0.29, 0.717) is 23.5 Å². The molecule has 0 unspecified atom stereocenters. The Morgan fingerprint density at radius 1 is 1.29 bits per heavy atom. The molecule has 1 fully saturated rings. The van der Waals surface area contributed by atoms with E-state index in [1.165, 1.54) is 11.3 Å². The van der Waals surface area contributed by atoms with Crippen molar-refractivity contribution in [2.24, 2.45) is 0 Å². The smallest absolute Gasteiger partial charge is 0.265 e. The third-order valence-electron chi connectivity index (χ3n) is 4.30. The molecule has 1 aromatic carbocycles. The quantitative estimate of drug-likeness (QED) is 0.855. The summed E-state index contributed by atoms with van der Waals surface area (Å²) in [6.07, 6.45) is 0.884. The standard InChI is InChI=1S/C18H18N2O3S/c1-22-15-7-14(8-16(9-15)23-2)13-3-5-20(11-13)18(21)17-12(10-19)4-6-24-17/h4,6-9,13H,3,5,11H2,1-2H3/t13-/m1/s1. The second kappa shape index (κ2) is 6.93. The third-order valence-corrected chi connectivity index (χ3v) is 5.20. The molecule has 5 nitrogen and oxygen atoms in total. The number of carbonyl (C=O) groups is 1. The first-order valence-electron chi connectivity index (χ1n) is 7.66. The zero-order valence-electron chi connectivity index (χ0n) is 13.6. The molecular weight excluding hydrogens is 324 g/mol. The monoisotopic (exact) mass is 342 g/mol. The van der Waals surface area contributed by atoms with Gasteiger partial charge < -0.3 is 14.4 Å². The molecule has 6 heteroatoms. The van der Waals surface area contributed by atoms with Gasteiger partial charge in [-0.1, -0.05) is 0 Å². The minimum absolute atomic E-state index is 0.0566. The lowest BCUT2D eigenvalue weighted by Crippen LogP contribution is -2.28. The summed E-state index contributed by atoms with van der Waals surface area (Å²) in [6, 6.07) is 9.60. The first kappa shape index (κ1) is 16.3. The van der Waals surface area contributed by atoms with Crippen LogP contribution in [0.2, 0.25) is 0 Å². The van der Waals surface area contributed by atoms with Gasteiger partial charge in [0.05, 0.1) is 19.8 Å². The Morgan fingerprint density at radius 3 is 2.62 bits per heavy atom. The van der Waals surface area contributed by atoms with Crippen molar-refractivity contribution in [3.63, 3.8) is 0 Å². The maximum Gasteiger partial charge on any atom is 0.265 e. The lowest BCUT2D eigenvalue weighted by Gasteiger charge is -2.17. The molecule has 1 aromatic heterocycles. The van der Waals surface area contributed by atoms with Gasteiger partial charge >= 0.3 is 0 Å². The summed E-state index contributed by atoms with van der Waals surface area (Å²) in [5.74, 6) is 1.68. The number of thiophene rings is 1. The molecule has 0 aliphatic carbocycles. The van der Waals surface area contributed by atoms with Crippen LogP contribution in [-0.2, 0) is 0 Å². The van der Waals surface area contributed by atoms with Crippen LogP contribution < -0.4 is 9.47 Å². The topological polar surface area (TPSA) is 62.6 Å². The van der Waals surface area contributed by atoms with Crippen LogP contribution in [0.1, 0.15) is 33.1 Å². The molecule has 0 saturated carbocycles. The summed E-state index contributed by atoms with van der Waals surface area (Å²) in [7, 11) is 3.26. The minimum Gasteiger partial charge on any atom is -0.497 e. The van der Waals surface area contributed by atoms with E-state index >= 15 is 0 Å². The lowest BCUT2D eigenvalue weighted by atomic mass is 9.98. The Balaban J connectivity index is 1.78. The molecular formula is C18H18N2O3S. The fourth-order valence-electron chi connectivity index (χ4n) is 2.99. The summed E-state index contributed by atoms with van der Waals surface area (Å²) in [4.78, 5) is 15.0. The predicted octanol–water partition coefficient (Wildman–Crippen LogP) is 3.27. The fourth-order valence-corrected chi connectivity index (χ4v) is 3.80. The Bertz CT molecular complexity index is 772. The largest absolute Gasteiger partial charge is 0.497 e. The van der Waals surface area contributed by atoms with Gasteiger partial charge in [0.2, 0.25) is 0 Å². The van der Waals surface area contributed by atoms with Crippen LogP contribution in [0.5, 0.6) is 11.5 Å². The number of hydrogen-bond acceptors (Lipinski definition) is 5. The highest BCUT2D eigenvalue weighted by Crippen LogP contribution is 2.34. The number of methoxy groups -OCH3 is 2. The van der Waals surface area contributed by atoms with Crippen LogP contribution in [0, 0.1) is 11.3 Å². The van der Waals surface area contributed by atoms with E-state index < -0.39 is 0 Å². The summed E-state index contributed by atoms with van der Waals surface area (Å²) < 4.78 is 10.7. The molecule has 1 amide bonds. The van der Waals surface area contributed by atoms with Gasteiger partial charge in [-0.25, -0.2) is 0 Å². The van der Waals surface area contributed by atoms with E-state index in [-0.39, 0.29) is 11.8 Å². The molecule has 2 aromatic rings. The van der Waals surface area contributed by atoms with E-state index in [0.717, 1.165) is 23.5 Å². The molecule has 1 saturated heterocycles. The first-order valence-corrected chi connectivity index (χ1v) is 8.54. The number of nitrogens with zero attached hydrogens (tertiary/aromatic N) is 2. The summed E-state index contributed by atoms with van der Waals surface area (Å²) in [5, 5.41) is 10.9. The zero-order valence-corrected chi connectivity index (χ0v) is 14.4. The average molecular weight is 342 g/mol. The molecule has 0 bridgehead atoms. The summed E-state index contributed by atoms with van der Waals surface area (Å²) >= 11 is 1.32. The van der Waals surface area contributed by atoms with Gasteiger partial charge in [-0.3, -0.25) is 4.79 Å². The molecule has 2 heterocycles. The third kappa shape index (κ3) is 3.08. The van der Waals surface area contributed by atoms with Crippen molar-refractivity contribution in [1.29, 1.82) is 5.26 Å². The van der Waals surface area contributed by atoms with Crippen molar-refractivity contribution in [2.45, 2.75) is 12.3 Å².